The van der Waals surface area contributed by atoms with Crippen molar-refractivity contribution in [3.05, 3.63) is 23.8 Å². The van der Waals surface area contributed by atoms with Crippen LogP contribution < -0.4 is 9.64 Å². The Morgan fingerprint density at radius 2 is 2.00 bits per heavy atom. The highest BCUT2D eigenvalue weighted by atomic mass is 16.5. The molecule has 140 valence electrons. The van der Waals surface area contributed by atoms with Crippen LogP contribution in [-0.4, -0.2) is 56.0 Å². The van der Waals surface area contributed by atoms with Crippen molar-refractivity contribution < 1.29 is 23.9 Å². The summed E-state index contributed by atoms with van der Waals surface area (Å²) in [5.41, 5.74) is 1.75. The highest BCUT2D eigenvalue weighted by molar-refractivity contribution is 5.98. The average molecular weight is 360 g/mol. The molecule has 0 atom stereocenters. The Bertz CT molecular complexity index is 710. The third kappa shape index (κ3) is 3.81. The van der Waals surface area contributed by atoms with Crippen LogP contribution in [0.3, 0.4) is 0 Å². The number of benzene rings is 1. The van der Waals surface area contributed by atoms with E-state index in [9.17, 15) is 14.4 Å². The largest absolute Gasteiger partial charge is 0.482 e. The lowest BCUT2D eigenvalue weighted by molar-refractivity contribution is -0.148. The standard InChI is InChI=1S/C19H24N2O5/c1-13-3-4-16-15(11-13)21(18(23)12-26-16)10-7-17(22)20-8-5-14(6-9-20)19(24)25-2/h3-4,11,14H,5-10,12H2,1-2H3. The number of piperidine rings is 1. The molecule has 0 saturated carbocycles. The predicted octanol–water partition coefficient (Wildman–Crippen LogP) is 1.52. The van der Waals surface area contributed by atoms with Gasteiger partial charge in [-0.25, -0.2) is 0 Å². The lowest BCUT2D eigenvalue weighted by Gasteiger charge is -2.33. The van der Waals surface area contributed by atoms with Crippen LogP contribution in [0.25, 0.3) is 0 Å². The van der Waals surface area contributed by atoms with E-state index in [1.54, 1.807) is 9.80 Å². The molecule has 3 rings (SSSR count). The Hall–Kier alpha value is -2.57. The fourth-order valence-electron chi connectivity index (χ4n) is 3.45. The summed E-state index contributed by atoms with van der Waals surface area (Å²) < 4.78 is 10.2. The number of ether oxygens (including phenoxy) is 2. The Morgan fingerprint density at radius 1 is 1.27 bits per heavy atom. The molecule has 2 aliphatic rings. The number of carbonyl (C=O) groups excluding carboxylic acids is 3. The third-order valence-electron chi connectivity index (χ3n) is 4.99. The van der Waals surface area contributed by atoms with E-state index in [4.69, 9.17) is 9.47 Å². The van der Waals surface area contributed by atoms with Crippen LogP contribution in [0.5, 0.6) is 5.75 Å². The van der Waals surface area contributed by atoms with Gasteiger partial charge in [-0.1, -0.05) is 6.07 Å². The van der Waals surface area contributed by atoms with Crippen molar-refractivity contribution in [2.24, 2.45) is 5.92 Å². The summed E-state index contributed by atoms with van der Waals surface area (Å²) in [5, 5.41) is 0. The normalized spacial score (nSPS) is 17.5. The summed E-state index contributed by atoms with van der Waals surface area (Å²) in [4.78, 5) is 39.7. The maximum atomic E-state index is 12.5. The maximum Gasteiger partial charge on any atom is 0.308 e. The number of nitrogens with zero attached hydrogens (tertiary/aromatic N) is 2. The van der Waals surface area contributed by atoms with Gasteiger partial charge in [-0.05, 0) is 37.5 Å². The Kier molecular flexibility index (Phi) is 5.44. The van der Waals surface area contributed by atoms with Crippen molar-refractivity contribution in [2.75, 3.05) is 38.3 Å². The molecule has 1 aromatic rings. The predicted molar refractivity (Wildman–Crippen MR) is 95.0 cm³/mol. The van der Waals surface area contributed by atoms with Gasteiger partial charge >= 0.3 is 5.97 Å². The number of methoxy groups -OCH3 is 1. The molecule has 0 bridgehead atoms. The molecule has 2 amide bonds. The van der Waals surface area contributed by atoms with E-state index in [1.165, 1.54) is 7.11 Å². The molecule has 1 saturated heterocycles. The second-order valence-corrected chi connectivity index (χ2v) is 6.73. The van der Waals surface area contributed by atoms with Crippen molar-refractivity contribution in [3.8, 4) is 5.75 Å². The monoisotopic (exact) mass is 360 g/mol. The lowest BCUT2D eigenvalue weighted by Crippen LogP contribution is -2.44. The highest BCUT2D eigenvalue weighted by Crippen LogP contribution is 2.33. The van der Waals surface area contributed by atoms with Gasteiger partial charge < -0.3 is 19.3 Å². The number of amides is 2. The average Bonchev–Trinajstić information content (AvgIpc) is 2.66. The van der Waals surface area contributed by atoms with Crippen molar-refractivity contribution in [2.45, 2.75) is 26.2 Å². The zero-order valence-corrected chi connectivity index (χ0v) is 15.2. The Labute approximate surface area is 152 Å². The number of aryl methyl sites for hydroxylation is 1. The minimum atomic E-state index is -0.206. The first-order chi connectivity index (χ1) is 12.5. The van der Waals surface area contributed by atoms with Crippen LogP contribution in [0.2, 0.25) is 0 Å². The summed E-state index contributed by atoms with van der Waals surface area (Å²) in [6.07, 6.45) is 1.50. The molecule has 1 fully saturated rings. The van der Waals surface area contributed by atoms with E-state index in [0.717, 1.165) is 11.3 Å². The molecule has 0 aliphatic carbocycles. The van der Waals surface area contributed by atoms with E-state index in [0.29, 0.717) is 38.2 Å². The number of anilines is 1. The van der Waals surface area contributed by atoms with Crippen LogP contribution in [0, 0.1) is 12.8 Å². The molecule has 2 heterocycles. The van der Waals surface area contributed by atoms with Crippen molar-refractivity contribution in [1.29, 1.82) is 0 Å². The quantitative estimate of drug-likeness (QED) is 0.761. The van der Waals surface area contributed by atoms with Gasteiger partial charge in [0.05, 0.1) is 18.7 Å². The number of rotatable bonds is 4. The smallest absolute Gasteiger partial charge is 0.308 e. The molecular weight excluding hydrogens is 336 g/mol. The van der Waals surface area contributed by atoms with Crippen LogP contribution in [-0.2, 0) is 19.1 Å². The van der Waals surface area contributed by atoms with Crippen LogP contribution in [0.15, 0.2) is 18.2 Å². The Balaban J connectivity index is 1.58. The second-order valence-electron chi connectivity index (χ2n) is 6.73. The van der Waals surface area contributed by atoms with E-state index >= 15 is 0 Å². The van der Waals surface area contributed by atoms with Crippen molar-refractivity contribution in [3.63, 3.8) is 0 Å². The molecule has 0 unspecified atom stereocenters. The van der Waals surface area contributed by atoms with Crippen molar-refractivity contribution in [1.82, 2.24) is 4.90 Å². The first-order valence-corrected chi connectivity index (χ1v) is 8.89. The fraction of sp³-hybridized carbons (Fsp3) is 0.526. The summed E-state index contributed by atoms with van der Waals surface area (Å²) in [6, 6.07) is 5.69. The molecule has 0 spiro atoms. The fourth-order valence-corrected chi connectivity index (χ4v) is 3.45. The van der Waals surface area contributed by atoms with E-state index in [1.807, 2.05) is 25.1 Å². The molecule has 0 N–H and O–H groups in total. The van der Waals surface area contributed by atoms with Crippen LogP contribution >= 0.6 is 0 Å². The molecule has 0 radical (unpaired) electrons. The van der Waals surface area contributed by atoms with Gasteiger partial charge in [-0.15, -0.1) is 0 Å². The number of likely N-dealkylation sites (tertiary alicyclic amines) is 1. The van der Waals surface area contributed by atoms with E-state index in [2.05, 4.69) is 0 Å². The number of hydrogen-bond donors (Lipinski definition) is 0. The molecule has 26 heavy (non-hydrogen) atoms. The summed E-state index contributed by atoms with van der Waals surface area (Å²) in [6.45, 7) is 3.37. The Morgan fingerprint density at radius 3 is 2.69 bits per heavy atom. The van der Waals surface area contributed by atoms with Crippen LogP contribution in [0.1, 0.15) is 24.8 Å². The number of hydrogen-bond acceptors (Lipinski definition) is 5. The molecule has 2 aliphatic heterocycles. The van der Waals surface area contributed by atoms with Gasteiger partial charge in [0.15, 0.2) is 6.61 Å². The molecule has 0 aromatic heterocycles. The van der Waals surface area contributed by atoms with Gasteiger partial charge in [-0.2, -0.15) is 0 Å². The van der Waals surface area contributed by atoms with Gasteiger partial charge in [0.25, 0.3) is 5.91 Å². The van der Waals surface area contributed by atoms with E-state index in [-0.39, 0.29) is 36.7 Å². The van der Waals surface area contributed by atoms with Crippen LogP contribution in [0.4, 0.5) is 5.69 Å². The topological polar surface area (TPSA) is 76.2 Å². The minimum Gasteiger partial charge on any atom is -0.482 e. The number of carbonyl (C=O) groups is 3. The number of fused-ring (bicyclic) bond motifs is 1. The highest BCUT2D eigenvalue weighted by Gasteiger charge is 2.30. The molecule has 7 heteroatoms. The number of esters is 1. The molecular formula is C19H24N2O5. The zero-order valence-electron chi connectivity index (χ0n) is 15.2. The SMILES string of the molecule is COC(=O)C1CCN(C(=O)CCN2C(=O)COc3ccc(C)cc32)CC1. The first-order valence-electron chi connectivity index (χ1n) is 8.89. The summed E-state index contributed by atoms with van der Waals surface area (Å²) >= 11 is 0. The first kappa shape index (κ1) is 18.2. The van der Waals surface area contributed by atoms with Gasteiger partial charge in [0, 0.05) is 26.1 Å². The summed E-state index contributed by atoms with van der Waals surface area (Å²) in [5.74, 6) is 0.200. The van der Waals surface area contributed by atoms with Gasteiger partial charge in [0.2, 0.25) is 5.91 Å². The molecule has 1 aromatic carbocycles. The minimum absolute atomic E-state index is 0.00168. The maximum absolute atomic E-state index is 12.5. The van der Waals surface area contributed by atoms with Gasteiger partial charge in [0.1, 0.15) is 5.75 Å². The lowest BCUT2D eigenvalue weighted by atomic mass is 9.97. The second kappa shape index (κ2) is 7.76. The zero-order chi connectivity index (χ0) is 18.7. The molecule has 7 nitrogen and oxygen atoms in total. The van der Waals surface area contributed by atoms with Gasteiger partial charge in [-0.3, -0.25) is 14.4 Å². The van der Waals surface area contributed by atoms with E-state index < -0.39 is 0 Å². The van der Waals surface area contributed by atoms with Crippen molar-refractivity contribution >= 4 is 23.5 Å². The summed E-state index contributed by atoms with van der Waals surface area (Å²) in [7, 11) is 1.39. The third-order valence-corrected chi connectivity index (χ3v) is 4.99.